The van der Waals surface area contributed by atoms with Crippen LogP contribution in [0.3, 0.4) is 0 Å². The monoisotopic (exact) mass is 155 g/mol. The van der Waals surface area contributed by atoms with E-state index < -0.39 is 0 Å². The molecule has 1 N–H and O–H groups in total. The van der Waals surface area contributed by atoms with E-state index in [1.165, 1.54) is 13.0 Å². The van der Waals surface area contributed by atoms with E-state index >= 15 is 0 Å². The molecular weight excluding hydrogens is 142 g/mol. The molecule has 11 heavy (non-hydrogen) atoms. The average molecular weight is 155 g/mol. The molecule has 0 saturated carbocycles. The summed E-state index contributed by atoms with van der Waals surface area (Å²) in [4.78, 5) is 21.0. The Labute approximate surface area is 66.5 Å². The normalized spacial score (nSPS) is 10.0. The lowest BCUT2D eigenvalue weighted by molar-refractivity contribution is -0.126. The number of nitrogens with one attached hydrogen (secondary N) is 1. The van der Waals surface area contributed by atoms with Crippen LogP contribution in [-0.2, 0) is 9.59 Å². The number of carbonyl (C=O) groups is 2. The van der Waals surface area contributed by atoms with Crippen LogP contribution in [-0.4, -0.2) is 11.8 Å². The van der Waals surface area contributed by atoms with Crippen LogP contribution in [0.1, 0.15) is 26.7 Å². The fourth-order valence-electron chi connectivity index (χ4n) is 0.572. The Hall–Kier alpha value is -1.12. The summed E-state index contributed by atoms with van der Waals surface area (Å²) in [6.07, 6.45) is 5.00. The lowest BCUT2D eigenvalue weighted by atomic mass is 10.3. The third kappa shape index (κ3) is 6.77. The smallest absolute Gasteiger partial charge is 0.250 e. The maximum absolute atomic E-state index is 10.7. The molecule has 0 atom stereocenters. The Kier molecular flexibility index (Phi) is 5.07. The van der Waals surface area contributed by atoms with Crippen molar-refractivity contribution in [2.24, 2.45) is 0 Å². The van der Waals surface area contributed by atoms with Gasteiger partial charge >= 0.3 is 0 Å². The molecule has 2 amide bonds. The van der Waals surface area contributed by atoms with Crippen molar-refractivity contribution in [3.63, 3.8) is 0 Å². The van der Waals surface area contributed by atoms with Crippen molar-refractivity contribution in [3.05, 3.63) is 12.2 Å². The van der Waals surface area contributed by atoms with E-state index in [4.69, 9.17) is 0 Å². The summed E-state index contributed by atoms with van der Waals surface area (Å²) >= 11 is 0. The molecule has 0 heterocycles. The number of unbranched alkanes of at least 4 members (excludes halogenated alkanes) is 1. The van der Waals surface area contributed by atoms with E-state index in [-0.39, 0.29) is 11.8 Å². The first-order valence-electron chi connectivity index (χ1n) is 3.65. The third-order valence-corrected chi connectivity index (χ3v) is 1.02. The van der Waals surface area contributed by atoms with Gasteiger partial charge in [-0.2, -0.15) is 0 Å². The van der Waals surface area contributed by atoms with Gasteiger partial charge in [0.05, 0.1) is 0 Å². The minimum atomic E-state index is -0.342. The molecule has 3 nitrogen and oxygen atoms in total. The van der Waals surface area contributed by atoms with Crippen LogP contribution in [0.4, 0.5) is 0 Å². The first-order chi connectivity index (χ1) is 5.16. The fourth-order valence-corrected chi connectivity index (χ4v) is 0.572. The number of hydrogen-bond donors (Lipinski definition) is 1. The standard InChI is InChI=1S/C8H13NO2/c1-3-4-5-6-8(11)9-7(2)10/h5-6H,3-4H2,1-2H3,(H,9,10,11)/b6-5+. The van der Waals surface area contributed by atoms with Crippen LogP contribution >= 0.6 is 0 Å². The maximum Gasteiger partial charge on any atom is 0.250 e. The molecule has 0 spiro atoms. The van der Waals surface area contributed by atoms with Crippen molar-refractivity contribution in [1.82, 2.24) is 5.32 Å². The summed E-state index contributed by atoms with van der Waals surface area (Å²) in [6.45, 7) is 3.33. The number of hydrogen-bond acceptors (Lipinski definition) is 2. The SMILES string of the molecule is CCC/C=C/C(=O)NC(C)=O. The van der Waals surface area contributed by atoms with E-state index in [9.17, 15) is 9.59 Å². The fraction of sp³-hybridized carbons (Fsp3) is 0.500. The Morgan fingerprint density at radius 2 is 2.09 bits per heavy atom. The highest BCUT2D eigenvalue weighted by atomic mass is 16.2. The molecule has 0 saturated heterocycles. The van der Waals surface area contributed by atoms with Crippen molar-refractivity contribution in [2.75, 3.05) is 0 Å². The van der Waals surface area contributed by atoms with Gasteiger partial charge in [-0.15, -0.1) is 0 Å². The minimum Gasteiger partial charge on any atom is -0.293 e. The minimum absolute atomic E-state index is 0.323. The van der Waals surface area contributed by atoms with Crippen molar-refractivity contribution >= 4 is 11.8 Å². The molecular formula is C8H13NO2. The molecule has 0 aliphatic carbocycles. The van der Waals surface area contributed by atoms with Crippen LogP contribution in [0, 0.1) is 0 Å². The van der Waals surface area contributed by atoms with Gasteiger partial charge in [-0.25, -0.2) is 0 Å². The number of allylic oxidation sites excluding steroid dienone is 1. The van der Waals surface area contributed by atoms with Gasteiger partial charge in [0.2, 0.25) is 11.8 Å². The van der Waals surface area contributed by atoms with Gasteiger partial charge in [0, 0.05) is 6.92 Å². The third-order valence-electron chi connectivity index (χ3n) is 1.02. The first kappa shape index (κ1) is 9.88. The highest BCUT2D eigenvalue weighted by Crippen LogP contribution is 1.87. The lowest BCUT2D eigenvalue weighted by Gasteiger charge is -1.92. The quantitative estimate of drug-likeness (QED) is 0.618. The van der Waals surface area contributed by atoms with E-state index in [1.807, 2.05) is 6.92 Å². The van der Waals surface area contributed by atoms with Crippen LogP contribution in [0.2, 0.25) is 0 Å². The molecule has 0 aromatic rings. The van der Waals surface area contributed by atoms with Crippen LogP contribution in [0.15, 0.2) is 12.2 Å². The summed E-state index contributed by atoms with van der Waals surface area (Å²) in [5, 5.41) is 2.14. The first-order valence-corrected chi connectivity index (χ1v) is 3.65. The second kappa shape index (κ2) is 5.65. The predicted octanol–water partition coefficient (Wildman–Crippen LogP) is 1.01. The Balaban J connectivity index is 3.60. The lowest BCUT2D eigenvalue weighted by Crippen LogP contribution is -2.25. The Bertz CT molecular complexity index is 173. The Morgan fingerprint density at radius 3 is 2.55 bits per heavy atom. The number of imide groups is 1. The van der Waals surface area contributed by atoms with Crippen LogP contribution in [0.25, 0.3) is 0 Å². The second-order valence-corrected chi connectivity index (χ2v) is 2.24. The van der Waals surface area contributed by atoms with Gasteiger partial charge in [0.1, 0.15) is 0 Å². The van der Waals surface area contributed by atoms with E-state index in [1.54, 1.807) is 6.08 Å². The highest BCUT2D eigenvalue weighted by Gasteiger charge is 1.95. The van der Waals surface area contributed by atoms with Gasteiger partial charge in [-0.1, -0.05) is 19.4 Å². The summed E-state index contributed by atoms with van der Waals surface area (Å²) < 4.78 is 0. The second-order valence-electron chi connectivity index (χ2n) is 2.24. The molecule has 0 fully saturated rings. The average Bonchev–Trinajstić information content (AvgIpc) is 1.86. The molecule has 0 unspecified atom stereocenters. The Morgan fingerprint density at radius 1 is 1.45 bits per heavy atom. The van der Waals surface area contributed by atoms with Gasteiger partial charge in [-0.3, -0.25) is 14.9 Å². The van der Waals surface area contributed by atoms with Crippen LogP contribution in [0.5, 0.6) is 0 Å². The number of carbonyl (C=O) groups excluding carboxylic acids is 2. The van der Waals surface area contributed by atoms with Crippen LogP contribution < -0.4 is 5.32 Å². The van der Waals surface area contributed by atoms with E-state index in [0.29, 0.717) is 0 Å². The van der Waals surface area contributed by atoms with Crippen molar-refractivity contribution in [2.45, 2.75) is 26.7 Å². The van der Waals surface area contributed by atoms with Gasteiger partial charge in [0.25, 0.3) is 0 Å². The summed E-state index contributed by atoms with van der Waals surface area (Å²) in [5.41, 5.74) is 0. The molecule has 0 aliphatic rings. The molecule has 0 rings (SSSR count). The molecule has 0 radical (unpaired) electrons. The topological polar surface area (TPSA) is 46.2 Å². The predicted molar refractivity (Wildman–Crippen MR) is 42.9 cm³/mol. The molecule has 0 aliphatic heterocycles. The molecule has 0 aromatic carbocycles. The largest absolute Gasteiger partial charge is 0.293 e. The van der Waals surface area contributed by atoms with Gasteiger partial charge < -0.3 is 0 Å². The zero-order chi connectivity index (χ0) is 8.69. The van der Waals surface area contributed by atoms with Gasteiger partial charge in [0.15, 0.2) is 0 Å². The van der Waals surface area contributed by atoms with Crippen molar-refractivity contribution in [3.8, 4) is 0 Å². The number of rotatable bonds is 3. The zero-order valence-electron chi connectivity index (χ0n) is 6.89. The summed E-state index contributed by atoms with van der Waals surface area (Å²) in [5.74, 6) is -0.665. The van der Waals surface area contributed by atoms with Crippen molar-refractivity contribution < 1.29 is 9.59 Å². The summed E-state index contributed by atoms with van der Waals surface area (Å²) in [7, 11) is 0. The molecule has 0 aromatic heterocycles. The van der Waals surface area contributed by atoms with Gasteiger partial charge in [-0.05, 0) is 12.5 Å². The van der Waals surface area contributed by atoms with E-state index in [0.717, 1.165) is 12.8 Å². The van der Waals surface area contributed by atoms with Crippen molar-refractivity contribution in [1.29, 1.82) is 0 Å². The molecule has 62 valence electrons. The molecule has 3 heteroatoms. The zero-order valence-corrected chi connectivity index (χ0v) is 6.89. The highest BCUT2D eigenvalue weighted by molar-refractivity contribution is 5.99. The molecule has 0 bridgehead atoms. The number of amides is 2. The van der Waals surface area contributed by atoms with E-state index in [2.05, 4.69) is 5.32 Å². The maximum atomic E-state index is 10.7. The summed E-state index contributed by atoms with van der Waals surface area (Å²) in [6, 6.07) is 0.